The van der Waals surface area contributed by atoms with Crippen LogP contribution in [0.3, 0.4) is 0 Å². The van der Waals surface area contributed by atoms with Crippen LogP contribution in [0.4, 0.5) is 0 Å². The summed E-state index contributed by atoms with van der Waals surface area (Å²) >= 11 is 2.70. The van der Waals surface area contributed by atoms with Gasteiger partial charge in [-0.05, 0) is 59.5 Å². The number of thiazole rings is 1. The first-order valence-corrected chi connectivity index (χ1v) is 22.0. The molecule has 1 fully saturated rings. The minimum Gasteiger partial charge on any atom is -0.394 e. The van der Waals surface area contributed by atoms with E-state index in [0.717, 1.165) is 26.2 Å². The number of benzene rings is 4. The second kappa shape index (κ2) is 18.2. The van der Waals surface area contributed by atoms with Gasteiger partial charge in [0.05, 0.1) is 45.9 Å². The number of hydrogen-bond acceptors (Lipinski definition) is 10. The summed E-state index contributed by atoms with van der Waals surface area (Å²) in [7, 11) is -4.02. The molecule has 0 radical (unpaired) electrons. The van der Waals surface area contributed by atoms with Crippen LogP contribution in [0.5, 0.6) is 0 Å². The number of sulfonamides is 1. The number of amides is 2. The van der Waals surface area contributed by atoms with E-state index < -0.39 is 34.6 Å². The van der Waals surface area contributed by atoms with Crippen LogP contribution in [-0.2, 0) is 21.4 Å². The number of hydrogen-bond donors (Lipinski definition) is 5. The van der Waals surface area contributed by atoms with Crippen LogP contribution in [0.1, 0.15) is 63.1 Å². The van der Waals surface area contributed by atoms with Gasteiger partial charge in [0.2, 0.25) is 15.9 Å². The Morgan fingerprint density at radius 3 is 2.33 bits per heavy atom. The molecule has 4 aromatic carbocycles. The van der Waals surface area contributed by atoms with Crippen molar-refractivity contribution in [2.24, 2.45) is 11.8 Å². The van der Waals surface area contributed by atoms with Gasteiger partial charge in [-0.15, -0.1) is 22.7 Å². The molecule has 57 heavy (non-hydrogen) atoms. The highest BCUT2D eigenvalue weighted by molar-refractivity contribution is 7.89. The van der Waals surface area contributed by atoms with E-state index in [1.54, 1.807) is 48.0 Å². The number of hydrazine groups is 1. The van der Waals surface area contributed by atoms with Gasteiger partial charge in [0.25, 0.3) is 5.91 Å². The number of aromatic nitrogens is 1. The summed E-state index contributed by atoms with van der Waals surface area (Å²) in [4.78, 5) is 34.2. The molecule has 0 saturated carbocycles. The van der Waals surface area contributed by atoms with Gasteiger partial charge in [-0.25, -0.2) is 18.8 Å². The molecule has 1 aliphatic heterocycles. The van der Waals surface area contributed by atoms with Crippen molar-refractivity contribution in [1.29, 1.82) is 0 Å². The molecule has 0 aliphatic carbocycles. The standard InChI is InChI=1S/C43H46N6O5S3/c1-28(2)25-49(57(53,54)33-19-20-35-38(22-33)55-27-45-35)36(26-50)37-21-18-32(56-37)23-44-43(52)41(47-42(51)31-16-10-5-11-17-31)39(29-12-6-3-7-13-29)34-24-46-48-40(34)30-14-8-4-9-15-30/h3-22,27-28,34,36,39-41,46,48,50H,23-26H2,1-2H3,(H,44,52)(H,47,51). The van der Waals surface area contributed by atoms with Gasteiger partial charge in [-0.3, -0.25) is 15.0 Å². The summed E-state index contributed by atoms with van der Waals surface area (Å²) in [5, 5.41) is 17.0. The number of aliphatic hydroxyl groups is 1. The molecule has 6 aromatic rings. The van der Waals surface area contributed by atoms with Crippen molar-refractivity contribution in [2.45, 2.75) is 49.3 Å². The summed E-state index contributed by atoms with van der Waals surface area (Å²) in [6, 6.07) is 35.3. The third kappa shape index (κ3) is 9.18. The van der Waals surface area contributed by atoms with Crippen LogP contribution in [-0.4, -0.2) is 60.4 Å². The third-order valence-electron chi connectivity index (χ3n) is 10.2. The highest BCUT2D eigenvalue weighted by Crippen LogP contribution is 2.39. The van der Waals surface area contributed by atoms with Gasteiger partial charge in [0, 0.05) is 40.2 Å². The Morgan fingerprint density at radius 1 is 0.930 bits per heavy atom. The Bertz CT molecular complexity index is 2370. The van der Waals surface area contributed by atoms with Crippen LogP contribution < -0.4 is 21.5 Å². The van der Waals surface area contributed by atoms with Gasteiger partial charge in [0.15, 0.2) is 0 Å². The van der Waals surface area contributed by atoms with Gasteiger partial charge in [0.1, 0.15) is 6.04 Å². The average molecular weight is 823 g/mol. The quantitative estimate of drug-likeness (QED) is 0.0753. The lowest BCUT2D eigenvalue weighted by Gasteiger charge is -2.34. The molecule has 2 aromatic heterocycles. The monoisotopic (exact) mass is 822 g/mol. The molecule has 11 nitrogen and oxygen atoms in total. The minimum absolute atomic E-state index is 0.0213. The van der Waals surface area contributed by atoms with Crippen LogP contribution in [0, 0.1) is 11.8 Å². The Kier molecular flexibility index (Phi) is 12.9. The van der Waals surface area contributed by atoms with Crippen molar-refractivity contribution in [1.82, 2.24) is 30.8 Å². The maximum atomic E-state index is 14.6. The predicted molar refractivity (Wildman–Crippen MR) is 225 cm³/mol. The molecule has 5 N–H and O–H groups in total. The zero-order valence-corrected chi connectivity index (χ0v) is 34.1. The van der Waals surface area contributed by atoms with Crippen LogP contribution in [0.2, 0.25) is 0 Å². The highest BCUT2D eigenvalue weighted by Gasteiger charge is 2.43. The number of rotatable bonds is 16. The minimum atomic E-state index is -4.02. The van der Waals surface area contributed by atoms with E-state index in [2.05, 4.69) is 38.6 Å². The molecule has 2 amide bonds. The molecule has 7 rings (SSSR count). The summed E-state index contributed by atoms with van der Waals surface area (Å²) < 4.78 is 30.5. The SMILES string of the molecule is CC(C)CN(C(CO)c1ccc(CNC(=O)C(NC(=O)c2ccccc2)C(c2ccccc2)C2CNNC2c2ccccc2)s1)S(=O)(=O)c1ccc2ncsc2c1. The molecule has 0 bridgehead atoms. The summed E-state index contributed by atoms with van der Waals surface area (Å²) in [5.41, 5.74) is 11.5. The van der Waals surface area contributed by atoms with Crippen molar-refractivity contribution >= 4 is 54.7 Å². The third-order valence-corrected chi connectivity index (χ3v) is 14.1. The number of aliphatic hydroxyl groups excluding tert-OH is 1. The lowest BCUT2D eigenvalue weighted by molar-refractivity contribution is -0.124. The fourth-order valence-corrected chi connectivity index (χ4v) is 11.2. The van der Waals surface area contributed by atoms with Crippen molar-refractivity contribution in [3.05, 3.63) is 153 Å². The Morgan fingerprint density at radius 2 is 1.63 bits per heavy atom. The number of thiophene rings is 1. The molecule has 3 heterocycles. The lowest BCUT2D eigenvalue weighted by Crippen LogP contribution is -2.52. The van der Waals surface area contributed by atoms with E-state index in [-0.39, 0.29) is 47.7 Å². The fourth-order valence-electron chi connectivity index (χ4n) is 7.49. The van der Waals surface area contributed by atoms with E-state index >= 15 is 0 Å². The van der Waals surface area contributed by atoms with Crippen molar-refractivity contribution < 1.29 is 23.1 Å². The first-order valence-electron chi connectivity index (χ1n) is 18.9. The van der Waals surface area contributed by atoms with E-state index in [1.165, 1.54) is 27.0 Å². The number of fused-ring (bicyclic) bond motifs is 1. The maximum Gasteiger partial charge on any atom is 0.251 e. The van der Waals surface area contributed by atoms with E-state index in [9.17, 15) is 23.1 Å². The lowest BCUT2D eigenvalue weighted by atomic mass is 9.75. The largest absolute Gasteiger partial charge is 0.394 e. The van der Waals surface area contributed by atoms with Gasteiger partial charge >= 0.3 is 0 Å². The number of carbonyl (C=O) groups excluding carboxylic acids is 2. The summed E-state index contributed by atoms with van der Waals surface area (Å²) in [5.74, 6) is -1.32. The number of carbonyl (C=O) groups is 2. The predicted octanol–water partition coefficient (Wildman–Crippen LogP) is 6.40. The van der Waals surface area contributed by atoms with E-state index in [1.807, 2.05) is 80.6 Å². The van der Waals surface area contributed by atoms with E-state index in [0.29, 0.717) is 17.0 Å². The number of nitrogens with zero attached hydrogens (tertiary/aromatic N) is 2. The summed E-state index contributed by atoms with van der Waals surface area (Å²) in [6.45, 7) is 4.32. The van der Waals surface area contributed by atoms with Crippen molar-refractivity contribution in [3.8, 4) is 0 Å². The van der Waals surface area contributed by atoms with Gasteiger partial charge in [-0.2, -0.15) is 4.31 Å². The molecule has 1 saturated heterocycles. The maximum absolute atomic E-state index is 14.6. The van der Waals surface area contributed by atoms with Crippen LogP contribution in [0.15, 0.2) is 132 Å². The van der Waals surface area contributed by atoms with Gasteiger partial charge < -0.3 is 15.7 Å². The normalized spacial score (nSPS) is 17.4. The van der Waals surface area contributed by atoms with Crippen molar-refractivity contribution in [3.63, 3.8) is 0 Å². The fraction of sp³-hybridized carbons (Fsp3) is 0.279. The first kappa shape index (κ1) is 40.4. The Hall–Kier alpha value is -4.80. The second-order valence-corrected chi connectivity index (χ2v) is 18.5. The average Bonchev–Trinajstić information content (AvgIpc) is 4.02. The molecule has 14 heteroatoms. The molecular weight excluding hydrogens is 777 g/mol. The molecule has 1 aliphatic rings. The highest BCUT2D eigenvalue weighted by atomic mass is 32.2. The zero-order chi connectivity index (χ0) is 39.9. The molecule has 5 unspecified atom stereocenters. The van der Waals surface area contributed by atoms with E-state index in [4.69, 9.17) is 0 Å². The molecule has 0 spiro atoms. The molecule has 5 atom stereocenters. The van der Waals surface area contributed by atoms with Crippen molar-refractivity contribution in [2.75, 3.05) is 19.7 Å². The van der Waals surface area contributed by atoms with Crippen LogP contribution in [0.25, 0.3) is 10.2 Å². The smallest absolute Gasteiger partial charge is 0.251 e. The molecule has 296 valence electrons. The van der Waals surface area contributed by atoms with Crippen LogP contribution >= 0.6 is 22.7 Å². The first-order chi connectivity index (χ1) is 27.6. The zero-order valence-electron chi connectivity index (χ0n) is 31.6. The molecular formula is C43H46N6O5S3. The Labute approximate surface area is 341 Å². The topological polar surface area (TPSA) is 153 Å². The number of nitrogens with one attached hydrogen (secondary N) is 4. The Balaban J connectivity index is 1.17. The summed E-state index contributed by atoms with van der Waals surface area (Å²) in [6.07, 6.45) is 0. The van der Waals surface area contributed by atoms with Gasteiger partial charge in [-0.1, -0.05) is 92.7 Å². The second-order valence-electron chi connectivity index (χ2n) is 14.5.